The Bertz CT molecular complexity index is 1750. The molecule has 0 saturated carbocycles. The van der Waals surface area contributed by atoms with Gasteiger partial charge in [-0.1, -0.05) is 0 Å². The number of halogens is 6. The van der Waals surface area contributed by atoms with E-state index in [1.165, 1.54) is 12.1 Å². The van der Waals surface area contributed by atoms with Gasteiger partial charge < -0.3 is 0 Å². The van der Waals surface area contributed by atoms with Gasteiger partial charge in [0, 0.05) is 0 Å². The molecule has 7 atom stereocenters. The van der Waals surface area contributed by atoms with Gasteiger partial charge in [-0.2, -0.15) is 0 Å². The molecule has 1 aromatic carbocycles. The average Bonchev–Trinajstić information content (AvgIpc) is 3.64. The van der Waals surface area contributed by atoms with Crippen LogP contribution in [0.1, 0.15) is 59.6 Å². The predicted molar refractivity (Wildman–Crippen MR) is 136 cm³/mol. The second-order valence-corrected chi connectivity index (χ2v) is 47.6. The summed E-state index contributed by atoms with van der Waals surface area (Å²) >= 11 is 0. The first kappa shape index (κ1) is 21.9. The summed E-state index contributed by atoms with van der Waals surface area (Å²) in [5.41, 5.74) is -2.34. The van der Waals surface area contributed by atoms with Gasteiger partial charge in [-0.05, 0) is 0 Å². The van der Waals surface area contributed by atoms with E-state index in [1.807, 2.05) is 0 Å². The number of alkyl halides is 6. The molecule has 0 N–H and O–H groups in total. The van der Waals surface area contributed by atoms with Crippen molar-refractivity contribution in [1.29, 1.82) is 0 Å². The third kappa shape index (κ3) is 0.538. The summed E-state index contributed by atoms with van der Waals surface area (Å²) in [6.45, 7) is 12.4. The van der Waals surface area contributed by atoms with Crippen LogP contribution < -0.4 is 5.30 Å². The van der Waals surface area contributed by atoms with Crippen LogP contribution in [0.4, 0.5) is 26.3 Å². The summed E-state index contributed by atoms with van der Waals surface area (Å²) in [7, 11) is -0.497. The van der Waals surface area contributed by atoms with E-state index >= 15 is 0 Å². The van der Waals surface area contributed by atoms with Gasteiger partial charge in [-0.15, -0.1) is 0 Å². The number of benzene rings is 1. The molecule has 10 saturated heterocycles. The SMILES string of the molecule is CC(P(C(C)(C)C)C(C)(C)C)[C@@]12[CH]3[CH]4[CH]5[C]1(Pc1cccc(C(F)(F)F)c1C(F)(F)F)[Fe]45321678[CH]2[CH]1[CH]6[CH]7[CH]28. The Labute approximate surface area is 207 Å². The molecule has 1 aromatic rings. The Hall–Kier alpha value is 0.179. The molecule has 0 radical (unpaired) electrons. The Kier molecular flexibility index (Phi) is 1.72. The van der Waals surface area contributed by atoms with Crippen LogP contribution in [-0.4, -0.2) is 20.0 Å². The summed E-state index contributed by atoms with van der Waals surface area (Å²) in [5, 5.41) is 0.260. The van der Waals surface area contributed by atoms with Crippen LogP contribution in [0.3, 0.4) is 0 Å². The molecule has 37 heavy (non-hydrogen) atoms. The van der Waals surface area contributed by atoms with Gasteiger partial charge in [0.25, 0.3) is 0 Å². The van der Waals surface area contributed by atoms with Gasteiger partial charge in [0.05, 0.1) is 0 Å². The van der Waals surface area contributed by atoms with E-state index in [-0.39, 0.29) is 32.6 Å². The number of rotatable bonds is 4. The zero-order chi connectivity index (χ0) is 26.7. The quantitative estimate of drug-likeness (QED) is 0.183. The van der Waals surface area contributed by atoms with Crippen molar-refractivity contribution < 1.29 is 32.9 Å². The van der Waals surface area contributed by atoms with Gasteiger partial charge in [0.1, 0.15) is 0 Å². The summed E-state index contributed by atoms with van der Waals surface area (Å²) in [4.78, 5) is 6.87. The van der Waals surface area contributed by atoms with Crippen LogP contribution in [0.5, 0.6) is 0 Å². The van der Waals surface area contributed by atoms with E-state index < -0.39 is 37.9 Å². The molecule has 6 unspecified atom stereocenters. The van der Waals surface area contributed by atoms with Gasteiger partial charge >= 0.3 is 208 Å². The van der Waals surface area contributed by atoms with E-state index in [4.69, 9.17) is 0 Å². The number of hydrogen-bond acceptors (Lipinski definition) is 0. The topological polar surface area (TPSA) is 0 Å². The summed E-state index contributed by atoms with van der Waals surface area (Å²) in [6.07, 6.45) is -10.00. The molecule has 11 rings (SSSR count). The van der Waals surface area contributed by atoms with Crippen molar-refractivity contribution in [2.45, 2.75) is 124 Å². The fourth-order valence-corrected chi connectivity index (χ4v) is 119. The predicted octanol–water partition coefficient (Wildman–Crippen LogP) is 10.2. The zero-order valence-electron chi connectivity index (χ0n) is 22.0. The molecular weight excluding hydrogens is 568 g/mol. The third-order valence-corrected chi connectivity index (χ3v) is 73.0. The monoisotopic (exact) mass is 602 g/mol. The van der Waals surface area contributed by atoms with Gasteiger partial charge in [-0.25, -0.2) is 0 Å². The van der Waals surface area contributed by atoms with E-state index in [0.717, 1.165) is 33.7 Å². The van der Waals surface area contributed by atoms with Crippen molar-refractivity contribution in [2.75, 3.05) is 0 Å². The van der Waals surface area contributed by atoms with Crippen LogP contribution in [0.2, 0.25) is 42.8 Å². The molecule has 1 spiro atoms. The van der Waals surface area contributed by atoms with E-state index in [0.29, 0.717) is 16.5 Å². The van der Waals surface area contributed by atoms with E-state index in [2.05, 4.69) is 48.5 Å². The van der Waals surface area contributed by atoms with Gasteiger partial charge in [-0.3, -0.25) is 0 Å². The molecule has 10 aliphatic heterocycles. The second kappa shape index (κ2) is 2.90. The van der Waals surface area contributed by atoms with Crippen LogP contribution in [0.25, 0.3) is 0 Å². The van der Waals surface area contributed by atoms with Gasteiger partial charge in [0.15, 0.2) is 0 Å². The average molecular weight is 602 g/mol. The molecule has 10 aliphatic rings. The second-order valence-electron chi connectivity index (χ2n) is 18.0. The molecule has 0 aromatic heterocycles. The Morgan fingerprint density at radius 3 is 1.68 bits per heavy atom. The molecule has 10 fully saturated rings. The van der Waals surface area contributed by atoms with Crippen molar-refractivity contribution in [2.24, 2.45) is 0 Å². The summed E-state index contributed by atoms with van der Waals surface area (Å²) in [6, 6.07) is 3.32. The first-order chi connectivity index (χ1) is 16.5. The molecule has 0 bridgehead atoms. The van der Waals surface area contributed by atoms with E-state index in [1.54, 1.807) is 0 Å². The Morgan fingerprint density at radius 2 is 1.30 bits per heavy atom. The summed E-state index contributed by atoms with van der Waals surface area (Å²) < 4.78 is 85.2. The molecular formula is C28H34F6FeP2. The molecule has 0 amide bonds. The van der Waals surface area contributed by atoms with Crippen molar-refractivity contribution in [3.05, 3.63) is 29.3 Å². The van der Waals surface area contributed by atoms with Crippen LogP contribution in [-0.2, 0) is 18.9 Å². The fourth-order valence-electron chi connectivity index (χ4n) is 22.0. The van der Waals surface area contributed by atoms with Crippen LogP contribution >= 0.6 is 16.5 Å². The van der Waals surface area contributed by atoms with Gasteiger partial charge in [0.2, 0.25) is 0 Å². The minimum atomic E-state index is -5.00. The Morgan fingerprint density at radius 1 is 0.784 bits per heavy atom. The van der Waals surface area contributed by atoms with Crippen molar-refractivity contribution >= 4 is 21.8 Å². The molecule has 10 heterocycles. The van der Waals surface area contributed by atoms with Crippen molar-refractivity contribution in [3.8, 4) is 0 Å². The number of fused-ring (bicyclic) bond motifs is 10. The minimum absolute atomic E-state index is 0.00204. The maximum absolute atomic E-state index is 14.4. The normalized spacial score (nSPS) is 66.5. The Balaban J connectivity index is 1.16. The van der Waals surface area contributed by atoms with Crippen LogP contribution in [0.15, 0.2) is 18.2 Å². The standard InChI is InChI=1S/C23H29F6P2.C5H5.Fe/c1-14(31(20(2,3)4)21(5,6)7)15-10-8-12-17(15)30-18-13-9-11-16(22(24,25)26)19(18)23(27,28)29;1-2-4-5-3-1;/h8-14,30H,1-7H3;1-5H;. The first-order valence-corrected chi connectivity index (χ1v) is 22.2. The first-order valence-electron chi connectivity index (χ1n) is 13.6. The molecule has 0 aliphatic carbocycles. The van der Waals surface area contributed by atoms with E-state index in [9.17, 15) is 26.3 Å². The van der Waals surface area contributed by atoms with Crippen molar-refractivity contribution in [3.63, 3.8) is 0 Å². The molecule has 0 nitrogen and oxygen atoms in total. The molecule has 9 heteroatoms. The molecule has 206 valence electrons. The maximum atomic E-state index is 14.4. The fraction of sp³-hybridized carbons (Fsp3) is 0.786. The van der Waals surface area contributed by atoms with Crippen LogP contribution in [0, 0.1) is 0 Å². The number of hydrogen-bond donors (Lipinski definition) is 0. The third-order valence-electron chi connectivity index (χ3n) is 19.4. The summed E-state index contributed by atoms with van der Waals surface area (Å²) in [5.74, 6) is 0. The zero-order valence-corrected chi connectivity index (χ0v) is 25.0. The van der Waals surface area contributed by atoms with Crippen molar-refractivity contribution in [1.82, 2.24) is 0 Å².